The molecule has 0 aliphatic carbocycles. The fraction of sp³-hybridized carbons (Fsp3) is 0.136. The highest BCUT2D eigenvalue weighted by Gasteiger charge is 2.10. The van der Waals surface area contributed by atoms with Crippen molar-refractivity contribution in [1.82, 2.24) is 10.6 Å². The third-order valence-corrected chi connectivity index (χ3v) is 4.38. The van der Waals surface area contributed by atoms with Gasteiger partial charge in [-0.25, -0.2) is 0 Å². The summed E-state index contributed by atoms with van der Waals surface area (Å²) >= 11 is 0. The van der Waals surface area contributed by atoms with E-state index in [1.807, 2.05) is 0 Å². The van der Waals surface area contributed by atoms with Crippen molar-refractivity contribution in [3.8, 4) is 0 Å². The molecule has 32 heavy (non-hydrogen) atoms. The van der Waals surface area contributed by atoms with E-state index in [-0.39, 0.29) is 48.7 Å². The van der Waals surface area contributed by atoms with Gasteiger partial charge in [-0.2, -0.15) is 0 Å². The van der Waals surface area contributed by atoms with Crippen LogP contribution < -0.4 is 16.0 Å². The summed E-state index contributed by atoms with van der Waals surface area (Å²) in [5.74, 6) is -0.773. The van der Waals surface area contributed by atoms with Crippen molar-refractivity contribution in [1.29, 1.82) is 0 Å². The molecule has 0 radical (unpaired) electrons. The summed E-state index contributed by atoms with van der Waals surface area (Å²) in [6.07, 6.45) is 1.46. The summed E-state index contributed by atoms with van der Waals surface area (Å²) in [6, 6.07) is 15.2. The Balaban J connectivity index is 1.42. The molecular formula is C22H20N4O6. The van der Waals surface area contributed by atoms with Gasteiger partial charge >= 0.3 is 0 Å². The molecule has 1 heterocycles. The summed E-state index contributed by atoms with van der Waals surface area (Å²) in [5.41, 5.74) is 1.51. The zero-order valence-corrected chi connectivity index (χ0v) is 16.9. The Morgan fingerprint density at radius 3 is 2.12 bits per heavy atom. The first-order chi connectivity index (χ1) is 15.4. The van der Waals surface area contributed by atoms with E-state index < -0.39 is 4.92 Å². The van der Waals surface area contributed by atoms with Gasteiger partial charge in [0.25, 0.3) is 17.5 Å². The van der Waals surface area contributed by atoms with Gasteiger partial charge in [-0.15, -0.1) is 0 Å². The fourth-order valence-corrected chi connectivity index (χ4v) is 2.78. The molecule has 164 valence electrons. The summed E-state index contributed by atoms with van der Waals surface area (Å²) < 4.78 is 4.97. The molecule has 3 N–H and O–H groups in total. The van der Waals surface area contributed by atoms with Crippen LogP contribution in [0.1, 0.15) is 26.5 Å². The Hall–Kier alpha value is -4.47. The average Bonchev–Trinajstić information content (AvgIpc) is 3.32. The van der Waals surface area contributed by atoms with Crippen LogP contribution in [0.2, 0.25) is 0 Å². The highest BCUT2D eigenvalue weighted by Crippen LogP contribution is 2.14. The largest absolute Gasteiger partial charge is 0.459 e. The molecule has 2 aromatic carbocycles. The Morgan fingerprint density at radius 2 is 1.53 bits per heavy atom. The Labute approximate surface area is 182 Å². The Bertz CT molecular complexity index is 1090. The van der Waals surface area contributed by atoms with Crippen molar-refractivity contribution < 1.29 is 23.7 Å². The van der Waals surface area contributed by atoms with Gasteiger partial charge in [0.1, 0.15) is 0 Å². The number of carbonyl (C=O) groups is 3. The number of rotatable bonds is 9. The van der Waals surface area contributed by atoms with Crippen molar-refractivity contribution in [3.05, 3.63) is 93.9 Å². The number of anilines is 1. The van der Waals surface area contributed by atoms with Crippen LogP contribution in [0.15, 0.2) is 71.3 Å². The molecule has 0 spiro atoms. The molecule has 0 aliphatic heterocycles. The lowest BCUT2D eigenvalue weighted by atomic mass is 10.1. The van der Waals surface area contributed by atoms with E-state index in [1.165, 1.54) is 30.5 Å². The normalized spacial score (nSPS) is 10.2. The van der Waals surface area contributed by atoms with Crippen molar-refractivity contribution in [2.45, 2.75) is 6.42 Å². The third kappa shape index (κ3) is 6.26. The average molecular weight is 436 g/mol. The maximum atomic E-state index is 12.2. The quantitative estimate of drug-likeness (QED) is 0.267. The van der Waals surface area contributed by atoms with Crippen LogP contribution in [-0.4, -0.2) is 35.7 Å². The number of nitro benzene ring substituents is 1. The molecule has 0 aliphatic rings. The minimum Gasteiger partial charge on any atom is -0.459 e. The number of furan rings is 1. The molecule has 10 nitrogen and oxygen atoms in total. The first-order valence-corrected chi connectivity index (χ1v) is 9.65. The number of amides is 3. The lowest BCUT2D eigenvalue weighted by molar-refractivity contribution is -0.384. The Morgan fingerprint density at radius 1 is 0.875 bits per heavy atom. The number of benzene rings is 2. The van der Waals surface area contributed by atoms with E-state index in [4.69, 9.17) is 4.42 Å². The van der Waals surface area contributed by atoms with Crippen LogP contribution >= 0.6 is 0 Å². The van der Waals surface area contributed by atoms with E-state index in [2.05, 4.69) is 16.0 Å². The van der Waals surface area contributed by atoms with E-state index in [0.29, 0.717) is 16.8 Å². The highest BCUT2D eigenvalue weighted by molar-refractivity contribution is 5.96. The molecule has 3 rings (SSSR count). The molecule has 0 atom stereocenters. The molecule has 3 aromatic rings. The lowest BCUT2D eigenvalue weighted by Gasteiger charge is -2.08. The fourth-order valence-electron chi connectivity index (χ4n) is 2.78. The van der Waals surface area contributed by atoms with E-state index in [9.17, 15) is 24.5 Å². The summed E-state index contributed by atoms with van der Waals surface area (Å²) in [5, 5.41) is 18.7. The van der Waals surface area contributed by atoms with Crippen LogP contribution in [0, 0.1) is 10.1 Å². The van der Waals surface area contributed by atoms with Crippen molar-refractivity contribution >= 4 is 29.1 Å². The van der Waals surface area contributed by atoms with Gasteiger partial charge in [-0.1, -0.05) is 12.1 Å². The summed E-state index contributed by atoms with van der Waals surface area (Å²) in [7, 11) is 0. The second kappa shape index (κ2) is 10.5. The van der Waals surface area contributed by atoms with Gasteiger partial charge < -0.3 is 20.4 Å². The number of nitro groups is 1. The second-order valence-corrected chi connectivity index (χ2v) is 6.71. The van der Waals surface area contributed by atoms with Gasteiger partial charge in [0, 0.05) is 36.5 Å². The first-order valence-electron chi connectivity index (χ1n) is 9.65. The van der Waals surface area contributed by atoms with Crippen LogP contribution in [0.3, 0.4) is 0 Å². The minimum atomic E-state index is -0.501. The minimum absolute atomic E-state index is 0.0390. The molecule has 1 aromatic heterocycles. The summed E-state index contributed by atoms with van der Waals surface area (Å²) in [4.78, 5) is 46.3. The van der Waals surface area contributed by atoms with E-state index >= 15 is 0 Å². The molecular weight excluding hydrogens is 416 g/mol. The van der Waals surface area contributed by atoms with E-state index in [0.717, 1.165) is 0 Å². The van der Waals surface area contributed by atoms with Gasteiger partial charge in [0.2, 0.25) is 5.91 Å². The molecule has 0 bridgehead atoms. The van der Waals surface area contributed by atoms with Crippen molar-refractivity contribution in [2.24, 2.45) is 0 Å². The van der Waals surface area contributed by atoms with Crippen LogP contribution in [0.4, 0.5) is 11.4 Å². The number of nitrogens with one attached hydrogen (secondary N) is 3. The molecule has 0 saturated carbocycles. The maximum absolute atomic E-state index is 12.2. The zero-order chi connectivity index (χ0) is 22.9. The molecule has 10 heteroatoms. The smallest absolute Gasteiger partial charge is 0.287 e. The molecule has 0 fully saturated rings. The standard InChI is InChI=1S/C22H20N4O6/c27-20(14-15-3-9-18(10-4-15)26(30)31)25-17-7-5-16(6-8-17)21(28)23-11-12-24-22(29)19-2-1-13-32-19/h1-10,13H,11-12,14H2,(H,23,28)(H,24,29)(H,25,27). The second-order valence-electron chi connectivity index (χ2n) is 6.71. The van der Waals surface area contributed by atoms with Crippen LogP contribution in [-0.2, 0) is 11.2 Å². The van der Waals surface area contributed by atoms with Crippen molar-refractivity contribution in [2.75, 3.05) is 18.4 Å². The van der Waals surface area contributed by atoms with Crippen LogP contribution in [0.5, 0.6) is 0 Å². The number of hydrogen-bond acceptors (Lipinski definition) is 6. The highest BCUT2D eigenvalue weighted by atomic mass is 16.6. The number of carbonyl (C=O) groups excluding carboxylic acids is 3. The monoisotopic (exact) mass is 436 g/mol. The SMILES string of the molecule is O=C(Cc1ccc([N+](=O)[O-])cc1)Nc1ccc(C(=O)NCCNC(=O)c2ccco2)cc1. The van der Waals surface area contributed by atoms with Crippen LogP contribution in [0.25, 0.3) is 0 Å². The van der Waals surface area contributed by atoms with Crippen molar-refractivity contribution in [3.63, 3.8) is 0 Å². The summed E-state index contributed by atoms with van der Waals surface area (Å²) in [6.45, 7) is 0.473. The predicted octanol–water partition coefficient (Wildman–Crippen LogP) is 2.53. The zero-order valence-electron chi connectivity index (χ0n) is 16.9. The van der Waals surface area contributed by atoms with Gasteiger partial charge in [-0.3, -0.25) is 24.5 Å². The number of hydrogen-bond donors (Lipinski definition) is 3. The number of nitrogens with zero attached hydrogens (tertiary/aromatic N) is 1. The van der Waals surface area contributed by atoms with Gasteiger partial charge in [0.05, 0.1) is 17.6 Å². The van der Waals surface area contributed by atoms with Gasteiger partial charge in [-0.05, 0) is 42.0 Å². The number of non-ortho nitro benzene ring substituents is 1. The maximum Gasteiger partial charge on any atom is 0.287 e. The lowest BCUT2D eigenvalue weighted by Crippen LogP contribution is -2.34. The molecule has 3 amide bonds. The van der Waals surface area contributed by atoms with Gasteiger partial charge in [0.15, 0.2) is 5.76 Å². The topological polar surface area (TPSA) is 144 Å². The molecule has 0 saturated heterocycles. The molecule has 0 unspecified atom stereocenters. The predicted molar refractivity (Wildman–Crippen MR) is 115 cm³/mol. The van der Waals surface area contributed by atoms with E-state index in [1.54, 1.807) is 36.4 Å². The first kappa shape index (κ1) is 22.2. The third-order valence-electron chi connectivity index (χ3n) is 4.38. The Kier molecular flexibility index (Phi) is 7.31.